The van der Waals surface area contributed by atoms with Gasteiger partial charge in [-0.05, 0) is 83.2 Å². The summed E-state index contributed by atoms with van der Waals surface area (Å²) < 4.78 is 5.27. The summed E-state index contributed by atoms with van der Waals surface area (Å²) in [7, 11) is 0. The smallest absolute Gasteiger partial charge is 0.408 e. The summed E-state index contributed by atoms with van der Waals surface area (Å²) in [6, 6.07) is 11.2. The molecule has 0 fully saturated rings. The normalized spacial score (nSPS) is 12.6. The summed E-state index contributed by atoms with van der Waals surface area (Å²) in [4.78, 5) is 40.9. The van der Waals surface area contributed by atoms with Crippen LogP contribution in [0.25, 0.3) is 0 Å². The fourth-order valence-corrected chi connectivity index (χ4v) is 4.06. The summed E-state index contributed by atoms with van der Waals surface area (Å²) >= 11 is 0. The number of hydrogen-bond donors (Lipinski definition) is 2. The van der Waals surface area contributed by atoms with Crippen molar-refractivity contribution in [3.8, 4) is 6.07 Å². The lowest BCUT2D eigenvalue weighted by Gasteiger charge is -2.33. The van der Waals surface area contributed by atoms with Gasteiger partial charge in [0.2, 0.25) is 5.91 Å². The largest absolute Gasteiger partial charge is 0.444 e. The van der Waals surface area contributed by atoms with Gasteiger partial charge < -0.3 is 20.3 Å². The summed E-state index contributed by atoms with van der Waals surface area (Å²) in [5, 5.41) is 15.1. The molecule has 2 aromatic carbocycles. The average Bonchev–Trinajstić information content (AvgIpc) is 2.75. The van der Waals surface area contributed by atoms with Gasteiger partial charge >= 0.3 is 6.09 Å². The molecule has 0 saturated heterocycles. The van der Waals surface area contributed by atoms with E-state index < -0.39 is 35.6 Å². The lowest BCUT2D eigenvalue weighted by molar-refractivity contribution is -0.139. The molecule has 2 rings (SSSR count). The Morgan fingerprint density at radius 3 is 1.94 bits per heavy atom. The van der Waals surface area contributed by atoms with E-state index in [1.807, 2.05) is 70.2 Å². The number of aryl methyl sites for hydroxylation is 4. The van der Waals surface area contributed by atoms with E-state index in [1.165, 1.54) is 11.8 Å². The lowest BCUT2D eigenvalue weighted by Crippen LogP contribution is -2.51. The predicted octanol–water partition coefficient (Wildman–Crippen LogP) is 4.87. The Morgan fingerprint density at radius 2 is 1.47 bits per heavy atom. The third kappa shape index (κ3) is 7.08. The van der Waals surface area contributed by atoms with Crippen LogP contribution in [0.15, 0.2) is 36.4 Å². The van der Waals surface area contributed by atoms with Gasteiger partial charge in [0.1, 0.15) is 24.2 Å². The van der Waals surface area contributed by atoms with E-state index >= 15 is 0 Å². The van der Waals surface area contributed by atoms with Crippen LogP contribution in [0.5, 0.6) is 0 Å². The Kier molecular flexibility index (Phi) is 9.23. The molecule has 2 N–H and O–H groups in total. The standard InChI is InChI=1S/C28H36N4O4/c1-17-11-9-12-18(2)22(17)24(25(33)31-23-19(3)13-10-14-20(23)4)32(16-15-29)26(34)21(5)30-27(35)36-28(6,7)8/h9-14,21,24H,16H2,1-8H3,(H,30,35)(H,31,33). The molecule has 36 heavy (non-hydrogen) atoms. The van der Waals surface area contributed by atoms with Crippen LogP contribution in [0.2, 0.25) is 0 Å². The summed E-state index contributed by atoms with van der Waals surface area (Å²) in [6.45, 7) is 13.8. The molecule has 0 aliphatic heterocycles. The predicted molar refractivity (Wildman–Crippen MR) is 139 cm³/mol. The van der Waals surface area contributed by atoms with E-state index in [2.05, 4.69) is 10.6 Å². The van der Waals surface area contributed by atoms with Gasteiger partial charge in [0.25, 0.3) is 5.91 Å². The first-order valence-electron chi connectivity index (χ1n) is 11.9. The molecule has 0 spiro atoms. The number of nitrogens with one attached hydrogen (secondary N) is 2. The minimum Gasteiger partial charge on any atom is -0.444 e. The Balaban J connectivity index is 2.53. The second-order valence-corrected chi connectivity index (χ2v) is 9.96. The van der Waals surface area contributed by atoms with E-state index in [0.717, 1.165) is 22.3 Å². The van der Waals surface area contributed by atoms with Crippen molar-refractivity contribution in [2.75, 3.05) is 11.9 Å². The average molecular weight is 493 g/mol. The highest BCUT2D eigenvalue weighted by Gasteiger charge is 2.36. The first-order chi connectivity index (χ1) is 16.8. The van der Waals surface area contributed by atoms with Crippen molar-refractivity contribution in [3.63, 3.8) is 0 Å². The van der Waals surface area contributed by atoms with Gasteiger partial charge in [0.15, 0.2) is 0 Å². The molecule has 2 aromatic rings. The first-order valence-corrected chi connectivity index (χ1v) is 11.9. The second-order valence-electron chi connectivity index (χ2n) is 9.96. The summed E-state index contributed by atoms with van der Waals surface area (Å²) in [6.07, 6.45) is -0.760. The molecular weight excluding hydrogens is 456 g/mol. The SMILES string of the molecule is Cc1cccc(C)c1NC(=O)C(c1c(C)cccc1C)N(CC#N)C(=O)C(C)NC(=O)OC(C)(C)C. The summed E-state index contributed by atoms with van der Waals surface area (Å²) in [5.41, 5.74) is 3.91. The van der Waals surface area contributed by atoms with Crippen LogP contribution in [-0.4, -0.2) is 41.0 Å². The van der Waals surface area contributed by atoms with E-state index in [4.69, 9.17) is 4.74 Å². The van der Waals surface area contributed by atoms with Gasteiger partial charge in [0.05, 0.1) is 6.07 Å². The highest BCUT2D eigenvalue weighted by Crippen LogP contribution is 2.30. The molecule has 8 nitrogen and oxygen atoms in total. The Morgan fingerprint density at radius 1 is 0.972 bits per heavy atom. The molecule has 0 aromatic heterocycles. The Labute approximate surface area is 213 Å². The molecule has 192 valence electrons. The van der Waals surface area contributed by atoms with Crippen LogP contribution >= 0.6 is 0 Å². The number of nitrogens with zero attached hydrogens (tertiary/aromatic N) is 2. The number of alkyl carbamates (subject to hydrolysis) is 1. The topological polar surface area (TPSA) is 112 Å². The number of hydrogen-bond acceptors (Lipinski definition) is 5. The highest BCUT2D eigenvalue weighted by atomic mass is 16.6. The zero-order chi connectivity index (χ0) is 27.2. The van der Waals surface area contributed by atoms with Gasteiger partial charge in [-0.15, -0.1) is 0 Å². The number of ether oxygens (including phenoxy) is 1. The fraction of sp³-hybridized carbons (Fsp3) is 0.429. The lowest BCUT2D eigenvalue weighted by atomic mass is 9.93. The molecule has 2 unspecified atom stereocenters. The highest BCUT2D eigenvalue weighted by molar-refractivity contribution is 6.00. The van der Waals surface area contributed by atoms with Crippen LogP contribution in [0.4, 0.5) is 10.5 Å². The van der Waals surface area contributed by atoms with Crippen molar-refractivity contribution < 1.29 is 19.1 Å². The number of anilines is 1. The molecule has 0 bridgehead atoms. The number of benzene rings is 2. The zero-order valence-electron chi connectivity index (χ0n) is 22.4. The molecule has 0 saturated carbocycles. The van der Waals surface area contributed by atoms with E-state index in [-0.39, 0.29) is 6.54 Å². The molecule has 0 aliphatic rings. The van der Waals surface area contributed by atoms with Crippen molar-refractivity contribution >= 4 is 23.6 Å². The number of carbonyl (C=O) groups excluding carboxylic acids is 3. The maximum absolute atomic E-state index is 13.8. The van der Waals surface area contributed by atoms with Crippen LogP contribution in [0, 0.1) is 39.0 Å². The van der Waals surface area contributed by atoms with Crippen LogP contribution < -0.4 is 10.6 Å². The molecule has 0 aliphatic carbocycles. The molecule has 3 amide bonds. The maximum Gasteiger partial charge on any atom is 0.408 e. The first kappa shape index (κ1) is 28.4. The number of amides is 3. The van der Waals surface area contributed by atoms with Crippen molar-refractivity contribution in [2.24, 2.45) is 0 Å². The number of nitriles is 1. The van der Waals surface area contributed by atoms with Gasteiger partial charge in [-0.2, -0.15) is 5.26 Å². The van der Waals surface area contributed by atoms with Crippen molar-refractivity contribution in [1.29, 1.82) is 5.26 Å². The quantitative estimate of drug-likeness (QED) is 0.536. The van der Waals surface area contributed by atoms with Gasteiger partial charge in [-0.25, -0.2) is 4.79 Å². The van der Waals surface area contributed by atoms with Crippen molar-refractivity contribution in [1.82, 2.24) is 10.2 Å². The minimum absolute atomic E-state index is 0.349. The number of carbonyl (C=O) groups is 3. The third-order valence-corrected chi connectivity index (χ3v) is 5.73. The van der Waals surface area contributed by atoms with Crippen molar-refractivity contribution in [2.45, 2.75) is 73.1 Å². The van der Waals surface area contributed by atoms with E-state index in [1.54, 1.807) is 20.8 Å². The third-order valence-electron chi connectivity index (χ3n) is 5.73. The van der Waals surface area contributed by atoms with Crippen molar-refractivity contribution in [3.05, 3.63) is 64.2 Å². The summed E-state index contributed by atoms with van der Waals surface area (Å²) in [5.74, 6) is -1.02. The van der Waals surface area contributed by atoms with Crippen LogP contribution in [0.1, 0.15) is 61.6 Å². The van der Waals surface area contributed by atoms with Gasteiger partial charge in [-0.3, -0.25) is 9.59 Å². The van der Waals surface area contributed by atoms with E-state index in [9.17, 15) is 19.6 Å². The minimum atomic E-state index is -1.10. The number of rotatable bonds is 7. The number of para-hydroxylation sites is 1. The maximum atomic E-state index is 13.8. The van der Waals surface area contributed by atoms with Crippen LogP contribution in [-0.2, 0) is 14.3 Å². The fourth-order valence-electron chi connectivity index (χ4n) is 4.06. The monoisotopic (exact) mass is 492 g/mol. The van der Waals surface area contributed by atoms with Gasteiger partial charge in [-0.1, -0.05) is 36.4 Å². The molecule has 2 atom stereocenters. The molecular formula is C28H36N4O4. The Bertz CT molecular complexity index is 1140. The molecule has 0 heterocycles. The second kappa shape index (κ2) is 11.7. The Hall–Kier alpha value is -3.86. The van der Waals surface area contributed by atoms with Crippen LogP contribution in [0.3, 0.4) is 0 Å². The van der Waals surface area contributed by atoms with Gasteiger partial charge in [0, 0.05) is 5.69 Å². The zero-order valence-corrected chi connectivity index (χ0v) is 22.4. The molecule has 0 radical (unpaired) electrons. The molecule has 8 heteroatoms. The van der Waals surface area contributed by atoms with E-state index in [0.29, 0.717) is 11.3 Å².